The summed E-state index contributed by atoms with van der Waals surface area (Å²) in [5.74, 6) is 1.69. The van der Waals surface area contributed by atoms with Gasteiger partial charge in [0.2, 0.25) is 5.91 Å². The summed E-state index contributed by atoms with van der Waals surface area (Å²) in [5, 5.41) is 3.00. The molecule has 1 N–H and O–H groups in total. The quantitative estimate of drug-likeness (QED) is 0.685. The number of methoxy groups -OCH3 is 2. The molecule has 0 saturated heterocycles. The SMILES string of the molecule is COc1cc2c(cc1OC)CN(CCC(=O)NCCCN(C)C)CC2. The summed E-state index contributed by atoms with van der Waals surface area (Å²) in [5.41, 5.74) is 2.57. The summed E-state index contributed by atoms with van der Waals surface area (Å²) in [6.45, 7) is 4.35. The second-order valence-electron chi connectivity index (χ2n) is 6.76. The summed E-state index contributed by atoms with van der Waals surface area (Å²) in [4.78, 5) is 16.4. The molecule has 6 nitrogen and oxygen atoms in total. The van der Waals surface area contributed by atoms with E-state index in [9.17, 15) is 4.79 Å². The minimum atomic E-state index is 0.136. The van der Waals surface area contributed by atoms with Crippen molar-refractivity contribution in [2.24, 2.45) is 0 Å². The number of hydrogen-bond acceptors (Lipinski definition) is 5. The Balaban J connectivity index is 1.79. The Morgan fingerprint density at radius 1 is 1.20 bits per heavy atom. The molecule has 0 aromatic heterocycles. The first-order valence-electron chi connectivity index (χ1n) is 8.91. The van der Waals surface area contributed by atoms with Crippen LogP contribution in [0.5, 0.6) is 11.5 Å². The number of fused-ring (bicyclic) bond motifs is 1. The third-order valence-corrected chi connectivity index (χ3v) is 4.56. The lowest BCUT2D eigenvalue weighted by Crippen LogP contribution is -2.35. The summed E-state index contributed by atoms with van der Waals surface area (Å²) < 4.78 is 10.8. The van der Waals surface area contributed by atoms with E-state index in [0.717, 1.165) is 57.1 Å². The number of amides is 1. The van der Waals surface area contributed by atoms with Crippen LogP contribution in [0.2, 0.25) is 0 Å². The average Bonchev–Trinajstić information content (AvgIpc) is 2.61. The van der Waals surface area contributed by atoms with Gasteiger partial charge in [-0.3, -0.25) is 9.69 Å². The molecule has 1 aromatic rings. The van der Waals surface area contributed by atoms with Crippen LogP contribution in [-0.2, 0) is 17.8 Å². The average molecular weight is 349 g/mol. The summed E-state index contributed by atoms with van der Waals surface area (Å²) in [6.07, 6.45) is 2.50. The second kappa shape index (κ2) is 9.63. The topological polar surface area (TPSA) is 54.0 Å². The molecule has 2 rings (SSSR count). The molecular weight excluding hydrogens is 318 g/mol. The molecule has 1 aliphatic rings. The highest BCUT2D eigenvalue weighted by Gasteiger charge is 2.19. The Hall–Kier alpha value is -1.79. The highest BCUT2D eigenvalue weighted by Crippen LogP contribution is 2.33. The van der Waals surface area contributed by atoms with E-state index in [-0.39, 0.29) is 5.91 Å². The van der Waals surface area contributed by atoms with Gasteiger partial charge in [0, 0.05) is 32.6 Å². The van der Waals surface area contributed by atoms with Gasteiger partial charge in [-0.05, 0) is 56.7 Å². The first kappa shape index (κ1) is 19.5. The maximum Gasteiger partial charge on any atom is 0.221 e. The van der Waals surface area contributed by atoms with Gasteiger partial charge in [-0.15, -0.1) is 0 Å². The minimum Gasteiger partial charge on any atom is -0.493 e. The molecule has 6 heteroatoms. The van der Waals surface area contributed by atoms with Gasteiger partial charge in [0.05, 0.1) is 14.2 Å². The lowest BCUT2D eigenvalue weighted by atomic mass is 9.98. The molecular formula is C19H31N3O3. The van der Waals surface area contributed by atoms with Gasteiger partial charge >= 0.3 is 0 Å². The fraction of sp³-hybridized carbons (Fsp3) is 0.632. The summed E-state index contributed by atoms with van der Waals surface area (Å²) in [6, 6.07) is 4.13. The third-order valence-electron chi connectivity index (χ3n) is 4.56. The Kier molecular flexibility index (Phi) is 7.52. The van der Waals surface area contributed by atoms with E-state index < -0.39 is 0 Å². The van der Waals surface area contributed by atoms with Crippen LogP contribution in [0.3, 0.4) is 0 Å². The molecule has 0 spiro atoms. The molecule has 0 saturated carbocycles. The number of carbonyl (C=O) groups is 1. The molecule has 25 heavy (non-hydrogen) atoms. The molecule has 1 aliphatic heterocycles. The highest BCUT2D eigenvalue weighted by atomic mass is 16.5. The number of nitrogens with zero attached hydrogens (tertiary/aromatic N) is 2. The molecule has 1 aromatic carbocycles. The predicted octanol–water partition coefficient (Wildman–Crippen LogP) is 1.52. The van der Waals surface area contributed by atoms with Gasteiger partial charge in [-0.1, -0.05) is 0 Å². The van der Waals surface area contributed by atoms with Gasteiger partial charge in [-0.25, -0.2) is 0 Å². The van der Waals surface area contributed by atoms with Crippen LogP contribution in [0.4, 0.5) is 0 Å². The van der Waals surface area contributed by atoms with Crippen LogP contribution in [0, 0.1) is 0 Å². The van der Waals surface area contributed by atoms with Crippen molar-refractivity contribution in [2.75, 3.05) is 54.5 Å². The molecule has 0 unspecified atom stereocenters. The Labute approximate surface area is 151 Å². The van der Waals surface area contributed by atoms with Crippen LogP contribution in [0.25, 0.3) is 0 Å². The Morgan fingerprint density at radius 2 is 1.88 bits per heavy atom. The van der Waals surface area contributed by atoms with Crippen molar-refractivity contribution in [1.29, 1.82) is 0 Å². The van der Waals surface area contributed by atoms with Gasteiger partial charge in [-0.2, -0.15) is 0 Å². The van der Waals surface area contributed by atoms with Gasteiger partial charge in [0.15, 0.2) is 11.5 Å². The normalized spacial score (nSPS) is 14.3. The predicted molar refractivity (Wildman–Crippen MR) is 99.3 cm³/mol. The molecule has 0 aliphatic carbocycles. The van der Waals surface area contributed by atoms with Gasteiger partial charge < -0.3 is 19.7 Å². The summed E-state index contributed by atoms with van der Waals surface area (Å²) in [7, 11) is 7.41. The van der Waals surface area contributed by atoms with Gasteiger partial charge in [0.25, 0.3) is 0 Å². The van der Waals surface area contributed by atoms with Crippen LogP contribution in [0.15, 0.2) is 12.1 Å². The largest absolute Gasteiger partial charge is 0.493 e. The van der Waals surface area contributed by atoms with Crippen molar-refractivity contribution in [2.45, 2.75) is 25.8 Å². The van der Waals surface area contributed by atoms with Crippen LogP contribution in [0.1, 0.15) is 24.0 Å². The number of nitrogens with one attached hydrogen (secondary N) is 1. The standard InChI is InChI=1S/C19H31N3O3/c1-21(2)9-5-8-20-19(23)7-11-22-10-6-15-12-17(24-3)18(25-4)13-16(15)14-22/h12-13H,5-11,14H2,1-4H3,(H,20,23). The van der Waals surface area contributed by atoms with E-state index in [1.807, 2.05) is 14.1 Å². The van der Waals surface area contributed by atoms with Crippen LogP contribution >= 0.6 is 0 Å². The van der Waals surface area contributed by atoms with E-state index >= 15 is 0 Å². The van der Waals surface area contributed by atoms with Crippen molar-refractivity contribution >= 4 is 5.91 Å². The number of benzene rings is 1. The molecule has 0 radical (unpaired) electrons. The fourth-order valence-electron chi connectivity index (χ4n) is 3.10. The highest BCUT2D eigenvalue weighted by molar-refractivity contribution is 5.76. The van der Waals surface area contributed by atoms with Crippen LogP contribution < -0.4 is 14.8 Å². The third kappa shape index (κ3) is 5.90. The number of ether oxygens (including phenoxy) is 2. The zero-order valence-corrected chi connectivity index (χ0v) is 15.9. The molecule has 0 fully saturated rings. The number of rotatable bonds is 9. The van der Waals surface area contributed by atoms with Crippen LogP contribution in [-0.4, -0.2) is 70.2 Å². The number of carbonyl (C=O) groups excluding carboxylic acids is 1. The monoisotopic (exact) mass is 349 g/mol. The van der Waals surface area contributed by atoms with E-state index in [0.29, 0.717) is 6.42 Å². The Morgan fingerprint density at radius 3 is 2.52 bits per heavy atom. The lowest BCUT2D eigenvalue weighted by molar-refractivity contribution is -0.121. The van der Waals surface area contributed by atoms with Crippen molar-refractivity contribution in [3.05, 3.63) is 23.3 Å². The molecule has 140 valence electrons. The maximum absolute atomic E-state index is 12.0. The van der Waals surface area contributed by atoms with Crippen molar-refractivity contribution in [1.82, 2.24) is 15.1 Å². The Bertz CT molecular complexity index is 575. The molecule has 1 amide bonds. The smallest absolute Gasteiger partial charge is 0.221 e. The molecule has 1 heterocycles. The first-order chi connectivity index (χ1) is 12.0. The zero-order chi connectivity index (χ0) is 18.2. The molecule has 0 atom stereocenters. The van der Waals surface area contributed by atoms with E-state index in [2.05, 4.69) is 27.2 Å². The van der Waals surface area contributed by atoms with E-state index in [4.69, 9.17) is 9.47 Å². The lowest BCUT2D eigenvalue weighted by Gasteiger charge is -2.29. The minimum absolute atomic E-state index is 0.136. The van der Waals surface area contributed by atoms with E-state index in [1.54, 1.807) is 14.2 Å². The molecule has 0 bridgehead atoms. The van der Waals surface area contributed by atoms with Crippen molar-refractivity contribution < 1.29 is 14.3 Å². The summed E-state index contributed by atoms with van der Waals surface area (Å²) >= 11 is 0. The first-order valence-corrected chi connectivity index (χ1v) is 8.91. The second-order valence-corrected chi connectivity index (χ2v) is 6.76. The fourth-order valence-corrected chi connectivity index (χ4v) is 3.10. The zero-order valence-electron chi connectivity index (χ0n) is 15.9. The maximum atomic E-state index is 12.0. The van der Waals surface area contributed by atoms with E-state index in [1.165, 1.54) is 11.1 Å². The van der Waals surface area contributed by atoms with Gasteiger partial charge in [0.1, 0.15) is 0 Å². The van der Waals surface area contributed by atoms with Crippen molar-refractivity contribution in [3.8, 4) is 11.5 Å². The van der Waals surface area contributed by atoms with Crippen molar-refractivity contribution in [3.63, 3.8) is 0 Å². The number of hydrogen-bond donors (Lipinski definition) is 1.